The summed E-state index contributed by atoms with van der Waals surface area (Å²) < 4.78 is 2.13. The van der Waals surface area contributed by atoms with Gasteiger partial charge in [0, 0.05) is 25.0 Å². The first-order valence-corrected chi connectivity index (χ1v) is 7.61. The molecule has 0 radical (unpaired) electrons. The van der Waals surface area contributed by atoms with Crippen LogP contribution in [0, 0.1) is 6.92 Å². The summed E-state index contributed by atoms with van der Waals surface area (Å²) in [6.45, 7) is 7.41. The number of nitrogens with zero attached hydrogens (tertiary/aromatic N) is 3. The highest BCUT2D eigenvalue weighted by molar-refractivity contribution is 6.17. The van der Waals surface area contributed by atoms with E-state index in [9.17, 15) is 0 Å². The molecular weight excluding hydrogens is 246 g/mol. The zero-order valence-corrected chi connectivity index (χ0v) is 12.3. The molecule has 1 aliphatic heterocycles. The van der Waals surface area contributed by atoms with Crippen molar-refractivity contribution in [3.05, 3.63) is 17.5 Å². The molecule has 2 rings (SSSR count). The molecule has 1 saturated heterocycles. The first-order chi connectivity index (χ1) is 8.74. The van der Waals surface area contributed by atoms with Gasteiger partial charge >= 0.3 is 0 Å². The number of hydrogen-bond acceptors (Lipinski definition) is 2. The molecular formula is C14H24ClN3. The van der Waals surface area contributed by atoms with Crippen LogP contribution in [-0.4, -0.2) is 33.1 Å². The van der Waals surface area contributed by atoms with Crippen molar-refractivity contribution in [2.45, 2.75) is 58.7 Å². The zero-order chi connectivity index (χ0) is 13.0. The summed E-state index contributed by atoms with van der Waals surface area (Å²) in [6, 6.07) is 2.88. The molecule has 0 bridgehead atoms. The van der Waals surface area contributed by atoms with Crippen molar-refractivity contribution >= 4 is 11.6 Å². The van der Waals surface area contributed by atoms with Crippen LogP contribution in [0.15, 0.2) is 6.07 Å². The maximum atomic E-state index is 5.92. The molecule has 1 aromatic rings. The number of hydrogen-bond donors (Lipinski definition) is 0. The third kappa shape index (κ3) is 3.27. The van der Waals surface area contributed by atoms with Crippen LogP contribution in [0.1, 0.15) is 44.0 Å². The molecule has 1 fully saturated rings. The Kier molecular flexibility index (Phi) is 5.07. The summed E-state index contributed by atoms with van der Waals surface area (Å²) in [6.07, 6.45) is 5.08. The fourth-order valence-electron chi connectivity index (χ4n) is 2.93. The number of likely N-dealkylation sites (tertiary alicyclic amines) is 1. The lowest BCUT2D eigenvalue weighted by molar-refractivity contribution is 0.133. The van der Waals surface area contributed by atoms with Gasteiger partial charge in [0.05, 0.1) is 11.4 Å². The van der Waals surface area contributed by atoms with E-state index in [1.54, 1.807) is 0 Å². The normalized spacial score (nSPS) is 21.4. The Morgan fingerprint density at radius 2 is 2.28 bits per heavy atom. The van der Waals surface area contributed by atoms with E-state index < -0.39 is 0 Å². The van der Waals surface area contributed by atoms with Crippen LogP contribution >= 0.6 is 11.6 Å². The largest absolute Gasteiger partial charge is 0.295 e. The van der Waals surface area contributed by atoms with Gasteiger partial charge in [0.25, 0.3) is 0 Å². The van der Waals surface area contributed by atoms with Crippen molar-refractivity contribution in [1.29, 1.82) is 0 Å². The molecule has 2 heterocycles. The minimum Gasteiger partial charge on any atom is -0.295 e. The predicted octanol–water partition coefficient (Wildman–Crippen LogP) is 3.19. The highest BCUT2D eigenvalue weighted by Crippen LogP contribution is 2.22. The van der Waals surface area contributed by atoms with Gasteiger partial charge in [0.1, 0.15) is 0 Å². The van der Waals surface area contributed by atoms with Crippen molar-refractivity contribution in [3.8, 4) is 0 Å². The van der Waals surface area contributed by atoms with E-state index in [1.807, 2.05) is 0 Å². The van der Waals surface area contributed by atoms with E-state index in [-0.39, 0.29) is 0 Å². The second-order valence-corrected chi connectivity index (χ2v) is 5.57. The van der Waals surface area contributed by atoms with Crippen LogP contribution in [0.25, 0.3) is 0 Å². The molecule has 1 aromatic heterocycles. The Labute approximate surface area is 115 Å². The average Bonchev–Trinajstić information content (AvgIpc) is 2.72. The lowest BCUT2D eigenvalue weighted by Crippen LogP contribution is -2.39. The molecule has 1 unspecified atom stereocenters. The van der Waals surface area contributed by atoms with Crippen molar-refractivity contribution in [3.63, 3.8) is 0 Å². The Hall–Kier alpha value is -0.540. The molecule has 1 aliphatic rings. The van der Waals surface area contributed by atoms with E-state index >= 15 is 0 Å². The zero-order valence-electron chi connectivity index (χ0n) is 11.5. The number of aryl methyl sites for hydroxylation is 2. The minimum absolute atomic E-state index is 0.664. The summed E-state index contributed by atoms with van der Waals surface area (Å²) in [7, 11) is 0. The van der Waals surface area contributed by atoms with Crippen molar-refractivity contribution < 1.29 is 0 Å². The standard InChI is InChI=1S/C14H24ClN3/c1-3-18-14(10-12(2)16-18)11-17-9-5-4-6-13(17)7-8-15/h10,13H,3-9,11H2,1-2H3. The summed E-state index contributed by atoms with van der Waals surface area (Å²) in [5.41, 5.74) is 2.47. The van der Waals surface area contributed by atoms with Crippen molar-refractivity contribution in [1.82, 2.24) is 14.7 Å². The van der Waals surface area contributed by atoms with Gasteiger partial charge in [-0.25, -0.2) is 0 Å². The smallest absolute Gasteiger partial charge is 0.0597 e. The predicted molar refractivity (Wildman–Crippen MR) is 76.0 cm³/mol. The monoisotopic (exact) mass is 269 g/mol. The number of alkyl halides is 1. The molecule has 102 valence electrons. The third-order valence-electron chi connectivity index (χ3n) is 3.84. The van der Waals surface area contributed by atoms with Crippen LogP contribution < -0.4 is 0 Å². The number of piperidine rings is 1. The second kappa shape index (κ2) is 6.58. The van der Waals surface area contributed by atoms with Gasteiger partial charge < -0.3 is 0 Å². The Morgan fingerprint density at radius 3 is 3.00 bits per heavy atom. The summed E-state index contributed by atoms with van der Waals surface area (Å²) in [5, 5.41) is 4.53. The molecule has 4 heteroatoms. The van der Waals surface area contributed by atoms with E-state index in [0.717, 1.165) is 31.1 Å². The fourth-order valence-corrected chi connectivity index (χ4v) is 3.18. The summed E-state index contributed by atoms with van der Waals surface area (Å²) >= 11 is 5.92. The Bertz CT molecular complexity index is 373. The molecule has 0 aliphatic carbocycles. The molecule has 0 spiro atoms. The first kappa shape index (κ1) is 13.9. The maximum absolute atomic E-state index is 5.92. The van der Waals surface area contributed by atoms with E-state index in [2.05, 4.69) is 34.6 Å². The van der Waals surface area contributed by atoms with Gasteiger partial charge in [-0.05, 0) is 45.7 Å². The lowest BCUT2D eigenvalue weighted by Gasteiger charge is -2.35. The Morgan fingerprint density at radius 1 is 1.44 bits per heavy atom. The molecule has 0 amide bonds. The van der Waals surface area contributed by atoms with Gasteiger partial charge in [-0.3, -0.25) is 9.58 Å². The SMILES string of the molecule is CCn1nc(C)cc1CN1CCCCC1CCCl. The van der Waals surface area contributed by atoms with Gasteiger partial charge in [-0.2, -0.15) is 5.10 Å². The van der Waals surface area contributed by atoms with Crippen LogP contribution in [0.2, 0.25) is 0 Å². The van der Waals surface area contributed by atoms with Gasteiger partial charge in [0.15, 0.2) is 0 Å². The fraction of sp³-hybridized carbons (Fsp3) is 0.786. The second-order valence-electron chi connectivity index (χ2n) is 5.19. The quantitative estimate of drug-likeness (QED) is 0.766. The van der Waals surface area contributed by atoms with Crippen LogP contribution in [0.5, 0.6) is 0 Å². The van der Waals surface area contributed by atoms with E-state index in [4.69, 9.17) is 11.6 Å². The first-order valence-electron chi connectivity index (χ1n) is 7.08. The highest BCUT2D eigenvalue weighted by atomic mass is 35.5. The van der Waals surface area contributed by atoms with E-state index in [1.165, 1.54) is 31.5 Å². The molecule has 3 nitrogen and oxygen atoms in total. The van der Waals surface area contributed by atoms with Gasteiger partial charge in [0.2, 0.25) is 0 Å². The summed E-state index contributed by atoms with van der Waals surface area (Å²) in [4.78, 5) is 2.59. The Balaban J connectivity index is 2.05. The van der Waals surface area contributed by atoms with Crippen LogP contribution in [0.4, 0.5) is 0 Å². The van der Waals surface area contributed by atoms with E-state index in [0.29, 0.717) is 6.04 Å². The third-order valence-corrected chi connectivity index (χ3v) is 4.06. The molecule has 0 N–H and O–H groups in total. The van der Waals surface area contributed by atoms with Gasteiger partial charge in [-0.15, -0.1) is 11.6 Å². The molecule has 18 heavy (non-hydrogen) atoms. The number of aromatic nitrogens is 2. The van der Waals surface area contributed by atoms with Gasteiger partial charge in [-0.1, -0.05) is 6.42 Å². The van der Waals surface area contributed by atoms with Crippen molar-refractivity contribution in [2.75, 3.05) is 12.4 Å². The molecule has 0 saturated carbocycles. The van der Waals surface area contributed by atoms with Crippen molar-refractivity contribution in [2.24, 2.45) is 0 Å². The number of rotatable bonds is 5. The average molecular weight is 270 g/mol. The molecule has 1 atom stereocenters. The highest BCUT2D eigenvalue weighted by Gasteiger charge is 2.22. The van der Waals surface area contributed by atoms with Crippen LogP contribution in [-0.2, 0) is 13.1 Å². The summed E-state index contributed by atoms with van der Waals surface area (Å²) in [5.74, 6) is 0.771. The molecule has 0 aromatic carbocycles. The maximum Gasteiger partial charge on any atom is 0.0597 e. The number of halogens is 1. The topological polar surface area (TPSA) is 21.1 Å². The van der Waals surface area contributed by atoms with Crippen LogP contribution in [0.3, 0.4) is 0 Å². The minimum atomic E-state index is 0.664. The lowest BCUT2D eigenvalue weighted by atomic mass is 10.00.